The third-order valence-electron chi connectivity index (χ3n) is 3.20. The third-order valence-corrected chi connectivity index (χ3v) is 3.20. The molecule has 1 saturated heterocycles. The lowest BCUT2D eigenvalue weighted by Crippen LogP contribution is -2.23. The zero-order valence-electron chi connectivity index (χ0n) is 9.43. The van der Waals surface area contributed by atoms with Crippen molar-refractivity contribution in [3.8, 4) is 0 Å². The first-order chi connectivity index (χ1) is 7.81. The van der Waals surface area contributed by atoms with Crippen LogP contribution in [0.2, 0.25) is 0 Å². The molecule has 16 heavy (non-hydrogen) atoms. The molecule has 2 atom stereocenters. The van der Waals surface area contributed by atoms with Gasteiger partial charge in [0.15, 0.2) is 0 Å². The number of rotatable bonds is 3. The van der Waals surface area contributed by atoms with Gasteiger partial charge in [-0.2, -0.15) is 0 Å². The molecular formula is C13H19NO2. The Morgan fingerprint density at radius 2 is 2.12 bits per heavy atom. The van der Waals surface area contributed by atoms with Crippen LogP contribution in [0.5, 0.6) is 0 Å². The molecule has 1 aromatic carbocycles. The summed E-state index contributed by atoms with van der Waals surface area (Å²) in [5, 5.41) is 10.2. The van der Waals surface area contributed by atoms with Crippen molar-refractivity contribution in [1.82, 2.24) is 0 Å². The van der Waals surface area contributed by atoms with Crippen LogP contribution in [0.25, 0.3) is 0 Å². The van der Waals surface area contributed by atoms with E-state index in [9.17, 15) is 5.11 Å². The summed E-state index contributed by atoms with van der Waals surface area (Å²) < 4.78 is 5.39. The molecule has 1 aliphatic rings. The van der Waals surface area contributed by atoms with Gasteiger partial charge in [-0.05, 0) is 24.0 Å². The maximum Gasteiger partial charge on any atom is 0.0840 e. The van der Waals surface area contributed by atoms with Crippen LogP contribution in [-0.4, -0.2) is 18.3 Å². The molecule has 2 rings (SSSR count). The van der Waals surface area contributed by atoms with Crippen molar-refractivity contribution in [1.29, 1.82) is 0 Å². The van der Waals surface area contributed by atoms with Gasteiger partial charge < -0.3 is 15.6 Å². The van der Waals surface area contributed by atoms with Gasteiger partial charge in [-0.15, -0.1) is 0 Å². The topological polar surface area (TPSA) is 55.5 Å². The number of aliphatic hydroxyl groups excluding tert-OH is 1. The van der Waals surface area contributed by atoms with Crippen molar-refractivity contribution >= 4 is 0 Å². The van der Waals surface area contributed by atoms with Crippen LogP contribution in [0.1, 0.15) is 30.1 Å². The Balaban J connectivity index is 2.04. The zero-order chi connectivity index (χ0) is 11.4. The van der Waals surface area contributed by atoms with Gasteiger partial charge >= 0.3 is 0 Å². The summed E-state index contributed by atoms with van der Waals surface area (Å²) >= 11 is 0. The lowest BCUT2D eigenvalue weighted by Gasteiger charge is -2.27. The van der Waals surface area contributed by atoms with E-state index in [0.717, 1.165) is 30.6 Å². The summed E-state index contributed by atoms with van der Waals surface area (Å²) in [6, 6.07) is 7.87. The van der Waals surface area contributed by atoms with Gasteiger partial charge in [-0.1, -0.05) is 24.3 Å². The van der Waals surface area contributed by atoms with E-state index in [0.29, 0.717) is 13.2 Å². The van der Waals surface area contributed by atoms with Crippen LogP contribution >= 0.6 is 0 Å². The number of ether oxygens (including phenoxy) is 1. The average Bonchev–Trinajstić information content (AvgIpc) is 2.39. The second kappa shape index (κ2) is 5.43. The van der Waals surface area contributed by atoms with Crippen molar-refractivity contribution in [2.24, 2.45) is 11.7 Å². The van der Waals surface area contributed by atoms with Gasteiger partial charge in [-0.25, -0.2) is 0 Å². The van der Waals surface area contributed by atoms with E-state index in [4.69, 9.17) is 10.5 Å². The van der Waals surface area contributed by atoms with E-state index in [1.54, 1.807) is 0 Å². The Morgan fingerprint density at radius 1 is 1.38 bits per heavy atom. The third kappa shape index (κ3) is 2.61. The minimum atomic E-state index is -0.410. The number of benzene rings is 1. The Kier molecular flexibility index (Phi) is 3.93. The van der Waals surface area contributed by atoms with Gasteiger partial charge in [0, 0.05) is 19.1 Å². The van der Waals surface area contributed by atoms with Gasteiger partial charge in [0.25, 0.3) is 0 Å². The summed E-state index contributed by atoms with van der Waals surface area (Å²) in [6.07, 6.45) is 1.68. The molecule has 0 saturated carbocycles. The molecule has 1 aliphatic heterocycles. The van der Waals surface area contributed by atoms with Gasteiger partial charge in [0.1, 0.15) is 0 Å². The Labute approximate surface area is 96.2 Å². The zero-order valence-corrected chi connectivity index (χ0v) is 9.43. The highest BCUT2D eigenvalue weighted by Gasteiger charge is 2.23. The molecule has 0 amide bonds. The molecule has 3 heteroatoms. The normalized spacial score (nSPS) is 23.0. The van der Waals surface area contributed by atoms with Crippen molar-refractivity contribution in [3.63, 3.8) is 0 Å². The smallest absolute Gasteiger partial charge is 0.0840 e. The van der Waals surface area contributed by atoms with Crippen LogP contribution in [0, 0.1) is 5.92 Å². The molecule has 3 nitrogen and oxygen atoms in total. The molecule has 2 unspecified atom stereocenters. The van der Waals surface area contributed by atoms with Gasteiger partial charge in [0.2, 0.25) is 0 Å². The van der Waals surface area contributed by atoms with Crippen molar-refractivity contribution in [2.75, 3.05) is 13.2 Å². The van der Waals surface area contributed by atoms with Gasteiger partial charge in [-0.3, -0.25) is 0 Å². The molecule has 0 bridgehead atoms. The standard InChI is InChI=1S/C13H19NO2/c14-8-10-3-5-11(6-4-10)13(15)12-2-1-7-16-9-12/h3-6,12-13,15H,1-2,7-9,14H2. The molecule has 0 spiro atoms. The van der Waals surface area contributed by atoms with E-state index >= 15 is 0 Å². The molecule has 1 fully saturated rings. The fourth-order valence-electron chi connectivity index (χ4n) is 2.14. The molecule has 0 aromatic heterocycles. The molecule has 88 valence electrons. The molecule has 1 aromatic rings. The van der Waals surface area contributed by atoms with Crippen LogP contribution in [0.15, 0.2) is 24.3 Å². The minimum absolute atomic E-state index is 0.234. The number of nitrogens with two attached hydrogens (primary N) is 1. The molecule has 0 radical (unpaired) electrons. The van der Waals surface area contributed by atoms with Crippen LogP contribution in [-0.2, 0) is 11.3 Å². The highest BCUT2D eigenvalue weighted by atomic mass is 16.5. The van der Waals surface area contributed by atoms with E-state index in [1.165, 1.54) is 0 Å². The van der Waals surface area contributed by atoms with Crippen molar-refractivity contribution < 1.29 is 9.84 Å². The SMILES string of the molecule is NCc1ccc(C(O)C2CCCOC2)cc1. The molecule has 1 heterocycles. The fraction of sp³-hybridized carbons (Fsp3) is 0.538. The first-order valence-electron chi connectivity index (χ1n) is 5.86. The van der Waals surface area contributed by atoms with Crippen LogP contribution in [0.3, 0.4) is 0 Å². The van der Waals surface area contributed by atoms with Crippen molar-refractivity contribution in [3.05, 3.63) is 35.4 Å². The van der Waals surface area contributed by atoms with E-state index in [-0.39, 0.29) is 5.92 Å². The maximum atomic E-state index is 10.2. The summed E-state index contributed by atoms with van der Waals surface area (Å²) in [5.74, 6) is 0.234. The van der Waals surface area contributed by atoms with E-state index in [2.05, 4.69) is 0 Å². The number of hydrogen-bond acceptors (Lipinski definition) is 3. The van der Waals surface area contributed by atoms with Crippen LogP contribution < -0.4 is 5.73 Å². The summed E-state index contributed by atoms with van der Waals surface area (Å²) in [7, 11) is 0. The largest absolute Gasteiger partial charge is 0.388 e. The number of hydrogen-bond donors (Lipinski definition) is 2. The highest BCUT2D eigenvalue weighted by molar-refractivity contribution is 5.24. The Hall–Kier alpha value is -0.900. The van der Waals surface area contributed by atoms with Gasteiger partial charge in [0.05, 0.1) is 12.7 Å². The predicted molar refractivity (Wildman–Crippen MR) is 62.8 cm³/mol. The lowest BCUT2D eigenvalue weighted by atomic mass is 9.91. The lowest BCUT2D eigenvalue weighted by molar-refractivity contribution is -0.00996. The molecule has 0 aliphatic carbocycles. The fourth-order valence-corrected chi connectivity index (χ4v) is 2.14. The summed E-state index contributed by atoms with van der Waals surface area (Å²) in [4.78, 5) is 0. The highest BCUT2D eigenvalue weighted by Crippen LogP contribution is 2.28. The maximum absolute atomic E-state index is 10.2. The molecule has 3 N–H and O–H groups in total. The first-order valence-corrected chi connectivity index (χ1v) is 5.86. The summed E-state index contributed by atoms with van der Waals surface area (Å²) in [6.45, 7) is 2.04. The molecular weight excluding hydrogens is 202 g/mol. The minimum Gasteiger partial charge on any atom is -0.388 e. The first kappa shape index (κ1) is 11.6. The Morgan fingerprint density at radius 3 is 2.69 bits per heavy atom. The van der Waals surface area contributed by atoms with E-state index in [1.807, 2.05) is 24.3 Å². The Bertz CT molecular complexity index is 317. The van der Waals surface area contributed by atoms with Crippen LogP contribution in [0.4, 0.5) is 0 Å². The quantitative estimate of drug-likeness (QED) is 0.815. The average molecular weight is 221 g/mol. The van der Waals surface area contributed by atoms with Crippen molar-refractivity contribution in [2.45, 2.75) is 25.5 Å². The van der Waals surface area contributed by atoms with E-state index < -0.39 is 6.10 Å². The predicted octanol–water partition coefficient (Wildman–Crippen LogP) is 1.61. The second-order valence-electron chi connectivity index (χ2n) is 4.37. The number of aliphatic hydroxyl groups is 1. The summed E-state index contributed by atoms with van der Waals surface area (Å²) in [5.41, 5.74) is 7.60. The second-order valence-corrected chi connectivity index (χ2v) is 4.37. The monoisotopic (exact) mass is 221 g/mol.